The largest absolute Gasteiger partial charge is 0.453 e. The fraction of sp³-hybridized carbons (Fsp3) is 0.561. The quantitative estimate of drug-likeness (QED) is 0.106. The molecule has 14 nitrogen and oxygen atoms in total. The third-order valence-corrected chi connectivity index (χ3v) is 12.5. The summed E-state index contributed by atoms with van der Waals surface area (Å²) in [7, 11) is 2.57. The summed E-state index contributed by atoms with van der Waals surface area (Å²) < 4.78 is 9.27. The van der Waals surface area contributed by atoms with Crippen molar-refractivity contribution in [1.82, 2.24) is 40.8 Å². The Morgan fingerprint density at radius 3 is 2.07 bits per heavy atom. The highest BCUT2D eigenvalue weighted by Crippen LogP contribution is 2.59. The molecule has 3 heterocycles. The molecule has 55 heavy (non-hydrogen) atoms. The molecule has 4 amide bonds. The first-order valence-corrected chi connectivity index (χ1v) is 19.8. The molecule has 5 N–H and O–H groups in total. The van der Waals surface area contributed by atoms with Gasteiger partial charge in [-0.25, -0.2) is 19.6 Å². The summed E-state index contributed by atoms with van der Waals surface area (Å²) in [6.45, 7) is 4.91. The highest BCUT2D eigenvalue weighted by Gasteiger charge is 2.50. The van der Waals surface area contributed by atoms with E-state index in [4.69, 9.17) is 14.7 Å². The second kappa shape index (κ2) is 15.9. The van der Waals surface area contributed by atoms with E-state index in [2.05, 4.69) is 67.1 Å². The summed E-state index contributed by atoms with van der Waals surface area (Å²) >= 11 is 0. The molecule has 3 saturated carbocycles. The van der Waals surface area contributed by atoms with Crippen molar-refractivity contribution in [3.8, 4) is 0 Å². The summed E-state index contributed by atoms with van der Waals surface area (Å²) in [4.78, 5) is 67.5. The number of likely N-dealkylation sites (tertiary alicyclic amines) is 1. The number of amides is 4. The van der Waals surface area contributed by atoms with Gasteiger partial charge in [0.25, 0.3) is 0 Å². The lowest BCUT2D eigenvalue weighted by Gasteiger charge is -2.54. The van der Waals surface area contributed by atoms with Crippen LogP contribution >= 0.6 is 0 Å². The van der Waals surface area contributed by atoms with E-state index in [0.717, 1.165) is 104 Å². The van der Waals surface area contributed by atoms with Gasteiger partial charge in [0, 0.05) is 19.5 Å². The normalized spacial score (nSPS) is 22.6. The minimum atomic E-state index is -0.665. The van der Waals surface area contributed by atoms with E-state index < -0.39 is 18.2 Å². The summed E-state index contributed by atoms with van der Waals surface area (Å²) in [5.74, 6) is 1.32. The van der Waals surface area contributed by atoms with E-state index in [1.54, 1.807) is 0 Å². The van der Waals surface area contributed by atoms with Crippen molar-refractivity contribution in [3.63, 3.8) is 0 Å². The average Bonchev–Trinajstić information content (AvgIpc) is 3.97. The zero-order valence-electron chi connectivity index (χ0n) is 32.4. The molecule has 4 fully saturated rings. The van der Waals surface area contributed by atoms with Crippen LogP contribution in [-0.4, -0.2) is 88.7 Å². The highest BCUT2D eigenvalue weighted by atomic mass is 16.5. The van der Waals surface area contributed by atoms with Crippen LogP contribution in [0, 0.1) is 5.92 Å². The summed E-state index contributed by atoms with van der Waals surface area (Å²) in [6, 6.07) is 12.6. The van der Waals surface area contributed by atoms with Crippen LogP contribution in [0.1, 0.15) is 107 Å². The van der Waals surface area contributed by atoms with E-state index in [9.17, 15) is 19.2 Å². The zero-order valence-corrected chi connectivity index (χ0v) is 32.4. The topological polar surface area (TPSA) is 183 Å². The molecule has 294 valence electrons. The van der Waals surface area contributed by atoms with E-state index in [-0.39, 0.29) is 41.1 Å². The summed E-state index contributed by atoms with van der Waals surface area (Å²) in [6.07, 6.45) is 9.78. The molecule has 0 radical (unpaired) electrons. The number of carbonyl (C=O) groups excluding carboxylic acids is 4. The van der Waals surface area contributed by atoms with Crippen LogP contribution in [0.3, 0.4) is 0 Å². The number of nitrogens with one attached hydrogen (secondary N) is 5. The predicted octanol–water partition coefficient (Wildman–Crippen LogP) is 5.82. The number of aromatic amines is 2. The van der Waals surface area contributed by atoms with Crippen molar-refractivity contribution in [2.75, 3.05) is 33.9 Å². The van der Waals surface area contributed by atoms with Gasteiger partial charge in [0.05, 0.1) is 48.9 Å². The molecule has 4 aromatic rings. The Labute approximate surface area is 321 Å². The van der Waals surface area contributed by atoms with Gasteiger partial charge in [0.15, 0.2) is 0 Å². The van der Waals surface area contributed by atoms with E-state index in [1.165, 1.54) is 25.3 Å². The zero-order chi connectivity index (χ0) is 38.7. The molecular weight excluding hydrogens is 701 g/mol. The maximum absolute atomic E-state index is 13.7. The first-order valence-electron chi connectivity index (χ1n) is 19.8. The number of H-pyrrole nitrogens is 2. The number of benzene rings is 2. The molecule has 2 atom stereocenters. The lowest BCUT2D eigenvalue weighted by atomic mass is 9.50. The van der Waals surface area contributed by atoms with Crippen molar-refractivity contribution < 1.29 is 28.7 Å². The van der Waals surface area contributed by atoms with Gasteiger partial charge in [0.2, 0.25) is 11.8 Å². The number of methoxy groups -OCH3 is 2. The fourth-order valence-corrected chi connectivity index (χ4v) is 9.20. The monoisotopic (exact) mass is 754 g/mol. The standard InChI is InChI=1S/C41H54N8O6/c1-25(2)35(48-39(53)55-4)37(51)49-21-7-8-32(49)36-46-29-13-11-27(23-31(29)47-36)41-17-14-40(15-18-41,16-19-41)26-10-12-28-30(22-26)45-33(44-28)9-5-6-20-42-34(50)24-43-38(52)54-3/h10-13,22-23,25,32,35H,5-9,14-21,24H2,1-4H3,(H,42,50)(H,43,52)(H,44,45)(H,46,47)(H,48,53). The first-order chi connectivity index (χ1) is 26.5. The molecule has 8 rings (SSSR count). The molecule has 1 aliphatic heterocycles. The number of rotatable bonds is 13. The van der Waals surface area contributed by atoms with E-state index in [0.29, 0.717) is 13.1 Å². The van der Waals surface area contributed by atoms with Gasteiger partial charge in [0.1, 0.15) is 17.7 Å². The van der Waals surface area contributed by atoms with Crippen molar-refractivity contribution in [1.29, 1.82) is 0 Å². The van der Waals surface area contributed by atoms with Crippen molar-refractivity contribution in [3.05, 3.63) is 59.2 Å². The second-order valence-corrected chi connectivity index (χ2v) is 16.0. The third kappa shape index (κ3) is 7.86. The van der Waals surface area contributed by atoms with Gasteiger partial charge < -0.3 is 40.3 Å². The summed E-state index contributed by atoms with van der Waals surface area (Å²) in [5, 5.41) is 7.92. The second-order valence-electron chi connectivity index (χ2n) is 16.0. The Kier molecular flexibility index (Phi) is 11.0. The van der Waals surface area contributed by atoms with Crippen molar-refractivity contribution in [2.24, 2.45) is 5.92 Å². The molecule has 2 bridgehead atoms. The lowest BCUT2D eigenvalue weighted by molar-refractivity contribution is -0.135. The highest BCUT2D eigenvalue weighted by molar-refractivity contribution is 5.87. The first kappa shape index (κ1) is 38.1. The fourth-order valence-electron chi connectivity index (χ4n) is 9.20. The summed E-state index contributed by atoms with van der Waals surface area (Å²) in [5.41, 5.74) is 7.06. The Bertz CT molecular complexity index is 2030. The van der Waals surface area contributed by atoms with Gasteiger partial charge in [-0.2, -0.15) is 0 Å². The molecule has 2 aromatic carbocycles. The lowest BCUT2D eigenvalue weighted by Crippen LogP contribution is -2.51. The van der Waals surface area contributed by atoms with E-state index >= 15 is 0 Å². The Morgan fingerprint density at radius 1 is 0.836 bits per heavy atom. The molecule has 4 aliphatic rings. The molecule has 2 aromatic heterocycles. The number of imidazole rings is 2. The van der Waals surface area contributed by atoms with Gasteiger partial charge >= 0.3 is 12.2 Å². The maximum atomic E-state index is 13.7. The van der Waals surface area contributed by atoms with Crippen LogP contribution < -0.4 is 16.0 Å². The van der Waals surface area contributed by atoms with Crippen LogP contribution in [0.5, 0.6) is 0 Å². The molecular formula is C41H54N8O6. The van der Waals surface area contributed by atoms with Crippen LogP contribution in [0.2, 0.25) is 0 Å². The predicted molar refractivity (Wildman–Crippen MR) is 207 cm³/mol. The van der Waals surface area contributed by atoms with Crippen LogP contribution in [0.25, 0.3) is 22.1 Å². The number of unbranched alkanes of at least 4 members (excludes halogenated alkanes) is 1. The van der Waals surface area contributed by atoms with Crippen LogP contribution in [0.4, 0.5) is 9.59 Å². The number of hydrogen-bond acceptors (Lipinski definition) is 8. The average molecular weight is 755 g/mol. The van der Waals surface area contributed by atoms with Gasteiger partial charge in [-0.3, -0.25) is 9.59 Å². The van der Waals surface area contributed by atoms with Gasteiger partial charge in [-0.1, -0.05) is 26.0 Å². The molecule has 14 heteroatoms. The Balaban J connectivity index is 0.969. The van der Waals surface area contributed by atoms with Crippen molar-refractivity contribution in [2.45, 2.75) is 107 Å². The number of alkyl carbamates (subject to hydrolysis) is 2. The molecule has 1 saturated heterocycles. The maximum Gasteiger partial charge on any atom is 0.407 e. The number of aryl methyl sites for hydroxylation is 1. The molecule has 2 unspecified atom stereocenters. The van der Waals surface area contributed by atoms with Crippen molar-refractivity contribution >= 4 is 46.1 Å². The SMILES string of the molecule is COC(=O)NCC(=O)NCCCCc1nc2ccc(C34CCC(c5ccc6nc(C7CCCN7C(=O)C(NC(=O)OC)C(C)C)[nH]c6c5)(CC3)CC4)cc2[nH]1. The minimum Gasteiger partial charge on any atom is -0.453 e. The minimum absolute atomic E-state index is 0.0854. The Hall–Kier alpha value is -5.14. The number of carbonyl (C=O) groups is 4. The van der Waals surface area contributed by atoms with Crippen LogP contribution in [0.15, 0.2) is 36.4 Å². The molecule has 3 aliphatic carbocycles. The van der Waals surface area contributed by atoms with E-state index in [1.807, 2.05) is 18.7 Å². The smallest absolute Gasteiger partial charge is 0.407 e. The number of nitrogens with zero attached hydrogens (tertiary/aromatic N) is 3. The van der Waals surface area contributed by atoms with Gasteiger partial charge in [-0.05, 0) is 116 Å². The van der Waals surface area contributed by atoms with Gasteiger partial charge in [-0.15, -0.1) is 0 Å². The number of aromatic nitrogens is 4. The van der Waals surface area contributed by atoms with Crippen LogP contribution in [-0.2, 0) is 36.3 Å². The Morgan fingerprint density at radius 2 is 1.45 bits per heavy atom. The third-order valence-electron chi connectivity index (χ3n) is 12.5. The molecule has 0 spiro atoms. The number of fused-ring (bicyclic) bond motifs is 5. The number of ether oxygens (including phenoxy) is 2. The number of hydrogen-bond donors (Lipinski definition) is 5.